The zero-order valence-electron chi connectivity index (χ0n) is 14.7. The lowest BCUT2D eigenvalue weighted by molar-refractivity contribution is 0.231. The molecule has 0 aliphatic carbocycles. The Morgan fingerprint density at radius 1 is 0.920 bits per heavy atom. The van der Waals surface area contributed by atoms with E-state index >= 15 is 0 Å². The molecule has 1 aromatic heterocycles. The molecule has 3 heterocycles. The van der Waals surface area contributed by atoms with Gasteiger partial charge < -0.3 is 9.88 Å². The van der Waals surface area contributed by atoms with E-state index in [2.05, 4.69) is 45.4 Å². The van der Waals surface area contributed by atoms with Crippen LogP contribution in [0.2, 0.25) is 0 Å². The average molecular weight is 338 g/mol. The standard InChI is InChI=1S/C20H26N4O/c25-20-13-17(14-23-15-18-3-1-2-4-19(18)16-23)5-8-24(20)12-11-22-9-6-21-7-10-22/h1-5,8,13,21H,6-7,9-12,14-16H2. The third-order valence-electron chi connectivity index (χ3n) is 5.24. The van der Waals surface area contributed by atoms with E-state index in [4.69, 9.17) is 0 Å². The van der Waals surface area contributed by atoms with Gasteiger partial charge in [-0.1, -0.05) is 24.3 Å². The SMILES string of the molecule is O=c1cc(CN2Cc3ccccc3C2)ccn1CCN1CCNCC1. The predicted octanol–water partition coefficient (Wildman–Crippen LogP) is 1.27. The number of benzene rings is 1. The minimum absolute atomic E-state index is 0.115. The highest BCUT2D eigenvalue weighted by atomic mass is 16.1. The number of hydrogen-bond donors (Lipinski definition) is 1. The van der Waals surface area contributed by atoms with E-state index in [1.807, 2.05) is 10.8 Å². The van der Waals surface area contributed by atoms with Crippen molar-refractivity contribution in [2.75, 3.05) is 32.7 Å². The van der Waals surface area contributed by atoms with Gasteiger partial charge in [-0.15, -0.1) is 0 Å². The number of nitrogens with one attached hydrogen (secondary N) is 1. The van der Waals surface area contributed by atoms with Crippen LogP contribution < -0.4 is 10.9 Å². The van der Waals surface area contributed by atoms with E-state index < -0.39 is 0 Å². The maximum Gasteiger partial charge on any atom is 0.250 e. The van der Waals surface area contributed by atoms with Gasteiger partial charge in [0.2, 0.25) is 0 Å². The van der Waals surface area contributed by atoms with Gasteiger partial charge in [-0.25, -0.2) is 0 Å². The van der Waals surface area contributed by atoms with Crippen LogP contribution in [0.4, 0.5) is 0 Å². The second-order valence-electron chi connectivity index (χ2n) is 7.07. The smallest absolute Gasteiger partial charge is 0.250 e. The van der Waals surface area contributed by atoms with Crippen LogP contribution in [0.1, 0.15) is 16.7 Å². The Morgan fingerprint density at radius 2 is 1.64 bits per heavy atom. The molecule has 0 spiro atoms. The number of nitrogens with zero attached hydrogens (tertiary/aromatic N) is 3. The van der Waals surface area contributed by atoms with Crippen molar-refractivity contribution in [1.29, 1.82) is 0 Å². The highest BCUT2D eigenvalue weighted by Gasteiger charge is 2.18. The second-order valence-corrected chi connectivity index (χ2v) is 7.07. The maximum atomic E-state index is 12.4. The van der Waals surface area contributed by atoms with Crippen molar-refractivity contribution in [3.63, 3.8) is 0 Å². The molecule has 2 aromatic rings. The predicted molar refractivity (Wildman–Crippen MR) is 99.4 cm³/mol. The molecule has 0 amide bonds. The first-order valence-electron chi connectivity index (χ1n) is 9.19. The van der Waals surface area contributed by atoms with Crippen LogP contribution in [0.15, 0.2) is 47.4 Å². The van der Waals surface area contributed by atoms with E-state index in [0.29, 0.717) is 0 Å². The fourth-order valence-corrected chi connectivity index (χ4v) is 3.79. The topological polar surface area (TPSA) is 40.5 Å². The van der Waals surface area contributed by atoms with Crippen LogP contribution in [0, 0.1) is 0 Å². The highest BCUT2D eigenvalue weighted by molar-refractivity contribution is 5.30. The summed E-state index contributed by atoms with van der Waals surface area (Å²) in [4.78, 5) is 17.2. The third kappa shape index (κ3) is 4.00. The Labute approximate surface area is 148 Å². The van der Waals surface area contributed by atoms with Crippen molar-refractivity contribution in [1.82, 2.24) is 19.7 Å². The van der Waals surface area contributed by atoms with E-state index in [9.17, 15) is 4.79 Å². The van der Waals surface area contributed by atoms with Gasteiger partial charge in [0, 0.05) is 71.2 Å². The number of piperazine rings is 1. The molecular formula is C20H26N4O. The van der Waals surface area contributed by atoms with Crippen molar-refractivity contribution in [2.45, 2.75) is 26.2 Å². The molecule has 0 radical (unpaired) electrons. The lowest BCUT2D eigenvalue weighted by Gasteiger charge is -2.27. The molecule has 132 valence electrons. The summed E-state index contributed by atoms with van der Waals surface area (Å²) >= 11 is 0. The van der Waals surface area contributed by atoms with Crippen LogP contribution >= 0.6 is 0 Å². The number of aromatic nitrogens is 1. The zero-order valence-corrected chi connectivity index (χ0v) is 14.7. The maximum absolute atomic E-state index is 12.4. The Balaban J connectivity index is 1.35. The molecule has 2 aliphatic heterocycles. The van der Waals surface area contributed by atoms with Gasteiger partial charge in [-0.05, 0) is 22.8 Å². The lowest BCUT2D eigenvalue weighted by Crippen LogP contribution is -2.45. The van der Waals surface area contributed by atoms with Crippen LogP contribution in [0.5, 0.6) is 0 Å². The summed E-state index contributed by atoms with van der Waals surface area (Å²) in [5.41, 5.74) is 4.04. The van der Waals surface area contributed by atoms with Gasteiger partial charge in [-0.3, -0.25) is 14.6 Å². The minimum Gasteiger partial charge on any atom is -0.314 e. The van der Waals surface area contributed by atoms with E-state index in [-0.39, 0.29) is 5.56 Å². The molecule has 2 aliphatic rings. The molecule has 1 fully saturated rings. The van der Waals surface area contributed by atoms with Crippen LogP contribution in [-0.4, -0.2) is 47.1 Å². The number of hydrogen-bond acceptors (Lipinski definition) is 4. The Kier molecular flexibility index (Phi) is 4.97. The van der Waals surface area contributed by atoms with Crippen molar-refractivity contribution in [3.8, 4) is 0 Å². The molecule has 1 saturated heterocycles. The molecule has 1 N–H and O–H groups in total. The number of fused-ring (bicyclic) bond motifs is 1. The van der Waals surface area contributed by atoms with Crippen LogP contribution in [0.3, 0.4) is 0 Å². The summed E-state index contributed by atoms with van der Waals surface area (Å²) < 4.78 is 1.84. The minimum atomic E-state index is 0.115. The fourth-order valence-electron chi connectivity index (χ4n) is 3.79. The largest absolute Gasteiger partial charge is 0.314 e. The molecule has 0 atom stereocenters. The summed E-state index contributed by atoms with van der Waals surface area (Å²) in [6, 6.07) is 12.5. The fraction of sp³-hybridized carbons (Fsp3) is 0.450. The molecule has 5 heteroatoms. The van der Waals surface area contributed by atoms with Crippen molar-refractivity contribution < 1.29 is 0 Å². The summed E-state index contributed by atoms with van der Waals surface area (Å²) in [6.07, 6.45) is 1.96. The van der Waals surface area contributed by atoms with E-state index in [1.165, 1.54) is 11.1 Å². The van der Waals surface area contributed by atoms with E-state index in [1.54, 1.807) is 6.07 Å². The summed E-state index contributed by atoms with van der Waals surface area (Å²) in [6.45, 7) is 8.74. The van der Waals surface area contributed by atoms with Crippen LogP contribution in [-0.2, 0) is 26.2 Å². The van der Waals surface area contributed by atoms with Gasteiger partial charge in [0.1, 0.15) is 0 Å². The summed E-state index contributed by atoms with van der Waals surface area (Å²) in [5.74, 6) is 0. The lowest BCUT2D eigenvalue weighted by atomic mass is 10.1. The van der Waals surface area contributed by atoms with Crippen LogP contribution in [0.25, 0.3) is 0 Å². The van der Waals surface area contributed by atoms with Gasteiger partial charge >= 0.3 is 0 Å². The summed E-state index contributed by atoms with van der Waals surface area (Å²) in [5, 5.41) is 3.36. The van der Waals surface area contributed by atoms with Gasteiger partial charge in [-0.2, -0.15) is 0 Å². The molecule has 5 nitrogen and oxygen atoms in total. The van der Waals surface area contributed by atoms with Crippen molar-refractivity contribution in [2.24, 2.45) is 0 Å². The molecule has 1 aromatic carbocycles. The molecule has 0 saturated carbocycles. The molecule has 4 rings (SSSR count). The first-order valence-corrected chi connectivity index (χ1v) is 9.19. The second kappa shape index (κ2) is 7.52. The van der Waals surface area contributed by atoms with Crippen molar-refractivity contribution >= 4 is 0 Å². The van der Waals surface area contributed by atoms with E-state index in [0.717, 1.165) is 64.5 Å². The third-order valence-corrected chi connectivity index (χ3v) is 5.24. The average Bonchev–Trinajstić information content (AvgIpc) is 3.04. The van der Waals surface area contributed by atoms with Gasteiger partial charge in [0.15, 0.2) is 0 Å². The molecule has 25 heavy (non-hydrogen) atoms. The normalized spacial score (nSPS) is 18.4. The molecule has 0 unspecified atom stereocenters. The first kappa shape index (κ1) is 16.5. The number of rotatable bonds is 5. The molecular weight excluding hydrogens is 312 g/mol. The first-order chi connectivity index (χ1) is 12.3. The van der Waals surface area contributed by atoms with Crippen molar-refractivity contribution in [3.05, 3.63) is 69.6 Å². The Bertz CT molecular complexity index is 754. The summed E-state index contributed by atoms with van der Waals surface area (Å²) in [7, 11) is 0. The molecule has 0 bridgehead atoms. The zero-order chi connectivity index (χ0) is 17.1. The highest BCUT2D eigenvalue weighted by Crippen LogP contribution is 2.23. The Hall–Kier alpha value is -1.95. The van der Waals surface area contributed by atoms with Gasteiger partial charge in [0.05, 0.1) is 0 Å². The van der Waals surface area contributed by atoms with Gasteiger partial charge in [0.25, 0.3) is 5.56 Å². The Morgan fingerprint density at radius 3 is 2.32 bits per heavy atom. The number of pyridine rings is 1. The monoisotopic (exact) mass is 338 g/mol. The quantitative estimate of drug-likeness (QED) is 0.891.